The van der Waals surface area contributed by atoms with Gasteiger partial charge in [-0.15, -0.1) is 0 Å². The molecule has 0 unspecified atom stereocenters. The Bertz CT molecular complexity index is 176. The summed E-state index contributed by atoms with van der Waals surface area (Å²) in [5, 5.41) is 2.77. The van der Waals surface area contributed by atoms with Gasteiger partial charge in [0, 0.05) is 6.54 Å². The van der Waals surface area contributed by atoms with Crippen LogP contribution in [0.4, 0.5) is 4.79 Å². The lowest BCUT2D eigenvalue weighted by Gasteiger charge is -2.33. The molecule has 0 aromatic heterocycles. The van der Waals surface area contributed by atoms with E-state index in [0.717, 1.165) is 6.54 Å². The van der Waals surface area contributed by atoms with Crippen LogP contribution in [-0.4, -0.2) is 12.6 Å². The van der Waals surface area contributed by atoms with Crippen LogP contribution in [0.2, 0.25) is 0 Å². The maximum atomic E-state index is 10.8. The number of urea groups is 1. The van der Waals surface area contributed by atoms with Gasteiger partial charge in [-0.2, -0.15) is 0 Å². The van der Waals surface area contributed by atoms with Gasteiger partial charge in [0.05, 0.1) is 0 Å². The van der Waals surface area contributed by atoms with Crippen LogP contribution in [0.1, 0.15) is 39.0 Å². The molecule has 2 amide bonds. The molecule has 13 heavy (non-hydrogen) atoms. The fraction of sp³-hybridized carbons (Fsp3) is 0.889. The minimum atomic E-state index is -0.285. The first-order valence-electron chi connectivity index (χ1n) is 4.91. The number of rotatable bonds is 2. The summed E-state index contributed by atoms with van der Waals surface area (Å²) in [7, 11) is 0. The lowest BCUT2D eigenvalue weighted by atomic mass is 9.76. The molecule has 4 N–H and O–H groups in total. The van der Waals surface area contributed by atoms with E-state index in [1.54, 1.807) is 0 Å². The highest BCUT2D eigenvalue weighted by atomic mass is 16.2. The molecular weight excluding hydrogens is 166 g/mol. The molecule has 1 rings (SSSR count). The number of amides is 2. The maximum absolute atomic E-state index is 10.8. The summed E-state index contributed by atoms with van der Waals surface area (Å²) >= 11 is 0. The van der Waals surface area contributed by atoms with Crippen LogP contribution in [0, 0.1) is 5.41 Å². The van der Waals surface area contributed by atoms with Crippen LogP contribution in [0.15, 0.2) is 0 Å². The molecule has 1 saturated carbocycles. The van der Waals surface area contributed by atoms with Crippen molar-refractivity contribution in [3.05, 3.63) is 0 Å². The first kappa shape index (κ1) is 10.3. The highest BCUT2D eigenvalue weighted by molar-refractivity contribution is 5.73. The molecule has 1 aliphatic rings. The third kappa shape index (κ3) is 3.22. The van der Waals surface area contributed by atoms with Crippen molar-refractivity contribution < 1.29 is 4.79 Å². The number of carbonyl (C=O) groups is 1. The first-order valence-corrected chi connectivity index (χ1v) is 4.91. The van der Waals surface area contributed by atoms with Gasteiger partial charge < -0.3 is 5.32 Å². The normalized spacial score (nSPS) is 20.8. The summed E-state index contributed by atoms with van der Waals surface area (Å²) in [4.78, 5) is 10.8. The van der Waals surface area contributed by atoms with E-state index in [-0.39, 0.29) is 11.4 Å². The van der Waals surface area contributed by atoms with Gasteiger partial charge in [-0.3, -0.25) is 5.43 Å². The zero-order chi connectivity index (χ0) is 9.73. The largest absolute Gasteiger partial charge is 0.337 e. The lowest BCUT2D eigenvalue weighted by molar-refractivity contribution is 0.199. The van der Waals surface area contributed by atoms with Crippen LogP contribution >= 0.6 is 0 Å². The van der Waals surface area contributed by atoms with Crippen molar-refractivity contribution >= 4 is 6.03 Å². The summed E-state index contributed by atoms with van der Waals surface area (Å²) in [6.45, 7) is 2.96. The Balaban J connectivity index is 2.28. The number of hydrogen-bond acceptors (Lipinski definition) is 2. The van der Waals surface area contributed by atoms with E-state index in [1.807, 2.05) is 0 Å². The van der Waals surface area contributed by atoms with Gasteiger partial charge in [0.2, 0.25) is 0 Å². The minimum Gasteiger partial charge on any atom is -0.337 e. The number of hydrazine groups is 1. The second-order valence-electron chi connectivity index (χ2n) is 4.20. The summed E-state index contributed by atoms with van der Waals surface area (Å²) in [6, 6.07) is -0.285. The Morgan fingerprint density at radius 2 is 2.00 bits per heavy atom. The van der Waals surface area contributed by atoms with Crippen molar-refractivity contribution in [3.8, 4) is 0 Å². The summed E-state index contributed by atoms with van der Waals surface area (Å²) in [5.41, 5.74) is 2.35. The SMILES string of the molecule is CC1(CNC(=O)NN)CCCCC1. The topological polar surface area (TPSA) is 67.2 Å². The molecule has 0 radical (unpaired) electrons. The van der Waals surface area contributed by atoms with Gasteiger partial charge >= 0.3 is 6.03 Å². The molecule has 0 aliphatic heterocycles. The zero-order valence-corrected chi connectivity index (χ0v) is 8.23. The molecule has 0 aromatic carbocycles. The Morgan fingerprint density at radius 3 is 2.54 bits per heavy atom. The third-order valence-electron chi connectivity index (χ3n) is 2.87. The van der Waals surface area contributed by atoms with Crippen molar-refractivity contribution in [1.29, 1.82) is 0 Å². The van der Waals surface area contributed by atoms with Crippen molar-refractivity contribution in [2.24, 2.45) is 11.3 Å². The zero-order valence-electron chi connectivity index (χ0n) is 8.23. The molecule has 1 fully saturated rings. The van der Waals surface area contributed by atoms with Gasteiger partial charge in [-0.25, -0.2) is 10.6 Å². The number of nitrogens with one attached hydrogen (secondary N) is 2. The Hall–Kier alpha value is -0.770. The molecule has 0 spiro atoms. The fourth-order valence-electron chi connectivity index (χ4n) is 1.93. The lowest BCUT2D eigenvalue weighted by Crippen LogP contribution is -2.44. The fourth-order valence-corrected chi connectivity index (χ4v) is 1.93. The summed E-state index contributed by atoms with van der Waals surface area (Å²) < 4.78 is 0. The van der Waals surface area contributed by atoms with E-state index in [1.165, 1.54) is 32.1 Å². The van der Waals surface area contributed by atoms with Gasteiger partial charge in [-0.05, 0) is 18.3 Å². The summed E-state index contributed by atoms with van der Waals surface area (Å²) in [6.07, 6.45) is 6.30. The van der Waals surface area contributed by atoms with Crippen LogP contribution in [0.3, 0.4) is 0 Å². The molecule has 0 atom stereocenters. The predicted octanol–water partition coefficient (Wildman–Crippen LogP) is 1.13. The standard InChI is InChI=1S/C9H19N3O/c1-9(5-3-2-4-6-9)7-11-8(13)12-10/h2-7,10H2,1H3,(H2,11,12,13). The van der Waals surface area contributed by atoms with Crippen molar-refractivity contribution in [2.45, 2.75) is 39.0 Å². The quantitative estimate of drug-likeness (QED) is 0.343. The van der Waals surface area contributed by atoms with Crippen molar-refractivity contribution in [3.63, 3.8) is 0 Å². The molecule has 76 valence electrons. The summed E-state index contributed by atoms with van der Waals surface area (Å²) in [5.74, 6) is 4.97. The molecule has 1 aliphatic carbocycles. The van der Waals surface area contributed by atoms with Crippen molar-refractivity contribution in [1.82, 2.24) is 10.7 Å². The molecule has 4 nitrogen and oxygen atoms in total. The Kier molecular flexibility index (Phi) is 3.54. The number of carbonyl (C=O) groups excluding carboxylic acids is 1. The molecule has 0 aromatic rings. The minimum absolute atomic E-state index is 0.282. The third-order valence-corrected chi connectivity index (χ3v) is 2.87. The van der Waals surface area contributed by atoms with Crippen LogP contribution in [-0.2, 0) is 0 Å². The van der Waals surface area contributed by atoms with E-state index in [4.69, 9.17) is 5.84 Å². The second-order valence-corrected chi connectivity index (χ2v) is 4.20. The molecule has 4 heteroatoms. The monoisotopic (exact) mass is 185 g/mol. The highest BCUT2D eigenvalue weighted by Crippen LogP contribution is 2.34. The van der Waals surface area contributed by atoms with Gasteiger partial charge in [0.1, 0.15) is 0 Å². The van der Waals surface area contributed by atoms with Crippen LogP contribution in [0.5, 0.6) is 0 Å². The number of nitrogens with two attached hydrogens (primary N) is 1. The smallest absolute Gasteiger partial charge is 0.328 e. The van der Waals surface area contributed by atoms with E-state index in [2.05, 4.69) is 17.7 Å². The molecule has 0 saturated heterocycles. The van der Waals surface area contributed by atoms with Gasteiger partial charge in [0.15, 0.2) is 0 Å². The molecule has 0 bridgehead atoms. The average Bonchev–Trinajstić information content (AvgIpc) is 2.15. The number of hydrogen-bond donors (Lipinski definition) is 3. The van der Waals surface area contributed by atoms with E-state index in [0.29, 0.717) is 0 Å². The average molecular weight is 185 g/mol. The first-order chi connectivity index (χ1) is 6.16. The maximum Gasteiger partial charge on any atom is 0.328 e. The van der Waals surface area contributed by atoms with Crippen LogP contribution in [0.25, 0.3) is 0 Å². The van der Waals surface area contributed by atoms with Crippen molar-refractivity contribution in [2.75, 3.05) is 6.54 Å². The molecular formula is C9H19N3O. The van der Waals surface area contributed by atoms with E-state index >= 15 is 0 Å². The van der Waals surface area contributed by atoms with Crippen LogP contribution < -0.4 is 16.6 Å². The molecule has 0 heterocycles. The van der Waals surface area contributed by atoms with E-state index in [9.17, 15) is 4.79 Å². The highest BCUT2D eigenvalue weighted by Gasteiger charge is 2.26. The Morgan fingerprint density at radius 1 is 1.38 bits per heavy atom. The van der Waals surface area contributed by atoms with E-state index < -0.39 is 0 Å². The van der Waals surface area contributed by atoms with Gasteiger partial charge in [-0.1, -0.05) is 26.2 Å². The van der Waals surface area contributed by atoms with Gasteiger partial charge in [0.25, 0.3) is 0 Å². The Labute approximate surface area is 79.2 Å². The second kappa shape index (κ2) is 4.46. The predicted molar refractivity (Wildman–Crippen MR) is 51.9 cm³/mol.